The standard InChI is InChI=1S/C24H36N4O3.HI/c1-4-25-23(27-19-11-12-28(14-19)22(29)17-7-5-6-8-17)26-15-24(2,3)18-9-10-20-21(13-18)31-16-30-20;/h9-10,13,17,19H,4-8,11-12,14-16H2,1-3H3,(H2,25,26,27);1H. The number of hydrogen-bond donors (Lipinski definition) is 2. The Morgan fingerprint density at radius 2 is 1.94 bits per heavy atom. The number of rotatable bonds is 6. The van der Waals surface area contributed by atoms with Crippen molar-refractivity contribution in [2.24, 2.45) is 10.9 Å². The smallest absolute Gasteiger partial charge is 0.231 e. The van der Waals surface area contributed by atoms with Crippen molar-refractivity contribution in [3.05, 3.63) is 23.8 Å². The Labute approximate surface area is 208 Å². The average Bonchev–Trinajstić information content (AvgIpc) is 3.53. The summed E-state index contributed by atoms with van der Waals surface area (Å²) in [5.41, 5.74) is 1.02. The number of benzene rings is 1. The van der Waals surface area contributed by atoms with Crippen molar-refractivity contribution in [1.82, 2.24) is 15.5 Å². The van der Waals surface area contributed by atoms with Crippen LogP contribution in [0.2, 0.25) is 0 Å². The van der Waals surface area contributed by atoms with E-state index in [1.165, 1.54) is 18.4 Å². The molecular formula is C24H37IN4O3. The molecule has 3 aliphatic rings. The fourth-order valence-corrected chi connectivity index (χ4v) is 4.71. The molecule has 2 N–H and O–H groups in total. The molecule has 7 nitrogen and oxygen atoms in total. The molecule has 1 saturated carbocycles. The number of carbonyl (C=O) groups is 1. The van der Waals surface area contributed by atoms with Crippen LogP contribution in [-0.2, 0) is 10.2 Å². The number of nitrogens with zero attached hydrogens (tertiary/aromatic N) is 2. The molecule has 0 radical (unpaired) electrons. The predicted molar refractivity (Wildman–Crippen MR) is 137 cm³/mol. The molecule has 178 valence electrons. The molecule has 1 aromatic carbocycles. The molecule has 1 atom stereocenters. The number of carbonyl (C=O) groups excluding carboxylic acids is 1. The maximum Gasteiger partial charge on any atom is 0.231 e. The van der Waals surface area contributed by atoms with E-state index in [9.17, 15) is 4.79 Å². The summed E-state index contributed by atoms with van der Waals surface area (Å²) in [4.78, 5) is 19.7. The Kier molecular flexibility index (Phi) is 8.52. The van der Waals surface area contributed by atoms with Crippen molar-refractivity contribution in [2.45, 2.75) is 64.3 Å². The lowest BCUT2D eigenvalue weighted by Crippen LogP contribution is -2.46. The number of nitrogens with one attached hydrogen (secondary N) is 2. The van der Waals surface area contributed by atoms with E-state index in [4.69, 9.17) is 14.5 Å². The summed E-state index contributed by atoms with van der Waals surface area (Å²) < 4.78 is 11.0. The molecule has 0 aromatic heterocycles. The van der Waals surface area contributed by atoms with Crippen LogP contribution < -0.4 is 20.1 Å². The molecule has 2 aliphatic heterocycles. The van der Waals surface area contributed by atoms with Gasteiger partial charge in [0.15, 0.2) is 17.5 Å². The minimum atomic E-state index is -0.149. The van der Waals surface area contributed by atoms with E-state index in [1.807, 2.05) is 11.0 Å². The van der Waals surface area contributed by atoms with E-state index >= 15 is 0 Å². The molecule has 8 heteroatoms. The SMILES string of the molecule is CCNC(=NCC(C)(C)c1ccc2c(c1)OCO2)NC1CCN(C(=O)C2CCCC2)C1.I. The Morgan fingerprint density at radius 1 is 1.19 bits per heavy atom. The van der Waals surface area contributed by atoms with Crippen LogP contribution in [0.15, 0.2) is 23.2 Å². The molecule has 1 saturated heterocycles. The molecule has 1 aromatic rings. The fourth-order valence-electron chi connectivity index (χ4n) is 4.71. The maximum absolute atomic E-state index is 12.7. The largest absolute Gasteiger partial charge is 0.454 e. The summed E-state index contributed by atoms with van der Waals surface area (Å²) in [5.74, 6) is 3.03. The molecule has 4 rings (SSSR count). The van der Waals surface area contributed by atoms with Gasteiger partial charge in [0.05, 0.1) is 6.54 Å². The second-order valence-corrected chi connectivity index (χ2v) is 9.54. The highest BCUT2D eigenvalue weighted by atomic mass is 127. The third-order valence-electron chi connectivity index (χ3n) is 6.68. The Hall–Kier alpha value is -1.71. The second kappa shape index (κ2) is 10.9. The first-order valence-electron chi connectivity index (χ1n) is 11.7. The van der Waals surface area contributed by atoms with Crippen molar-refractivity contribution in [2.75, 3.05) is 33.0 Å². The molecule has 1 aliphatic carbocycles. The second-order valence-electron chi connectivity index (χ2n) is 9.54. The summed E-state index contributed by atoms with van der Waals surface area (Å²) in [7, 11) is 0. The van der Waals surface area contributed by atoms with Gasteiger partial charge in [0.2, 0.25) is 12.7 Å². The summed E-state index contributed by atoms with van der Waals surface area (Å²) in [6, 6.07) is 6.37. The van der Waals surface area contributed by atoms with Crippen LogP contribution in [0.5, 0.6) is 11.5 Å². The molecule has 1 amide bonds. The number of ether oxygens (including phenoxy) is 2. The summed E-state index contributed by atoms with van der Waals surface area (Å²) in [6.07, 6.45) is 5.48. The van der Waals surface area contributed by atoms with Crippen molar-refractivity contribution >= 4 is 35.8 Å². The van der Waals surface area contributed by atoms with E-state index in [0.717, 1.165) is 56.4 Å². The highest BCUT2D eigenvalue weighted by molar-refractivity contribution is 14.0. The topological polar surface area (TPSA) is 75.2 Å². The molecule has 0 spiro atoms. The number of fused-ring (bicyclic) bond motifs is 1. The number of likely N-dealkylation sites (tertiary alicyclic amines) is 1. The number of aliphatic imine (C=N–C) groups is 1. The Morgan fingerprint density at radius 3 is 2.69 bits per heavy atom. The van der Waals surface area contributed by atoms with E-state index in [1.54, 1.807) is 0 Å². The molecule has 32 heavy (non-hydrogen) atoms. The van der Waals surface area contributed by atoms with E-state index in [-0.39, 0.29) is 48.1 Å². The zero-order valence-corrected chi connectivity index (χ0v) is 21.8. The zero-order valence-electron chi connectivity index (χ0n) is 19.5. The summed E-state index contributed by atoms with van der Waals surface area (Å²) >= 11 is 0. The third-order valence-corrected chi connectivity index (χ3v) is 6.68. The van der Waals surface area contributed by atoms with Gasteiger partial charge in [0, 0.05) is 37.0 Å². The van der Waals surface area contributed by atoms with Crippen LogP contribution in [0.4, 0.5) is 0 Å². The van der Waals surface area contributed by atoms with Gasteiger partial charge in [-0.15, -0.1) is 24.0 Å². The van der Waals surface area contributed by atoms with Gasteiger partial charge >= 0.3 is 0 Å². The van der Waals surface area contributed by atoms with Crippen molar-refractivity contribution < 1.29 is 14.3 Å². The first kappa shape index (κ1) is 24.9. The quantitative estimate of drug-likeness (QED) is 0.318. The number of hydrogen-bond acceptors (Lipinski definition) is 4. The molecule has 2 fully saturated rings. The van der Waals surface area contributed by atoms with Gasteiger partial charge in [-0.2, -0.15) is 0 Å². The molecular weight excluding hydrogens is 519 g/mol. The van der Waals surface area contributed by atoms with Gasteiger partial charge < -0.3 is 25.0 Å². The Balaban J connectivity index is 0.00000289. The lowest BCUT2D eigenvalue weighted by Gasteiger charge is -2.25. The summed E-state index contributed by atoms with van der Waals surface area (Å²) in [5, 5.41) is 6.92. The van der Waals surface area contributed by atoms with Gasteiger partial charge in [0.1, 0.15) is 0 Å². The van der Waals surface area contributed by atoms with E-state index in [2.05, 4.69) is 43.5 Å². The zero-order chi connectivity index (χ0) is 21.8. The monoisotopic (exact) mass is 556 g/mol. The van der Waals surface area contributed by atoms with Crippen LogP contribution in [0.1, 0.15) is 58.4 Å². The first-order valence-corrected chi connectivity index (χ1v) is 11.7. The molecule has 2 heterocycles. The Bertz CT molecular complexity index is 823. The molecule has 0 bridgehead atoms. The van der Waals surface area contributed by atoms with Gasteiger partial charge in [-0.25, -0.2) is 0 Å². The lowest BCUT2D eigenvalue weighted by molar-refractivity contribution is -0.134. The van der Waals surface area contributed by atoms with Crippen molar-refractivity contribution in [3.8, 4) is 11.5 Å². The highest BCUT2D eigenvalue weighted by Gasteiger charge is 2.32. The highest BCUT2D eigenvalue weighted by Crippen LogP contribution is 2.36. The van der Waals surface area contributed by atoms with Gasteiger partial charge in [-0.05, 0) is 43.9 Å². The normalized spacial score (nSPS) is 20.9. The fraction of sp³-hybridized carbons (Fsp3) is 0.667. The van der Waals surface area contributed by atoms with Crippen LogP contribution in [0.25, 0.3) is 0 Å². The first-order chi connectivity index (χ1) is 15.0. The average molecular weight is 556 g/mol. The summed E-state index contributed by atoms with van der Waals surface area (Å²) in [6.45, 7) is 9.79. The maximum atomic E-state index is 12.7. The van der Waals surface area contributed by atoms with Crippen LogP contribution in [-0.4, -0.2) is 55.8 Å². The van der Waals surface area contributed by atoms with Gasteiger partial charge in [-0.1, -0.05) is 32.8 Å². The lowest BCUT2D eigenvalue weighted by atomic mass is 9.84. The third kappa shape index (κ3) is 5.80. The minimum Gasteiger partial charge on any atom is -0.454 e. The van der Waals surface area contributed by atoms with Crippen molar-refractivity contribution in [1.29, 1.82) is 0 Å². The predicted octanol–water partition coefficient (Wildman–Crippen LogP) is 3.66. The van der Waals surface area contributed by atoms with E-state index < -0.39 is 0 Å². The van der Waals surface area contributed by atoms with Gasteiger partial charge in [-0.3, -0.25) is 9.79 Å². The van der Waals surface area contributed by atoms with Crippen LogP contribution in [0.3, 0.4) is 0 Å². The number of amides is 1. The van der Waals surface area contributed by atoms with Crippen molar-refractivity contribution in [3.63, 3.8) is 0 Å². The van der Waals surface area contributed by atoms with E-state index in [0.29, 0.717) is 12.5 Å². The van der Waals surface area contributed by atoms with Crippen LogP contribution >= 0.6 is 24.0 Å². The minimum absolute atomic E-state index is 0. The number of halogens is 1. The number of guanidine groups is 1. The van der Waals surface area contributed by atoms with Crippen LogP contribution in [0, 0.1) is 5.92 Å². The molecule has 1 unspecified atom stereocenters. The van der Waals surface area contributed by atoms with Gasteiger partial charge in [0.25, 0.3) is 0 Å².